The third-order valence-electron chi connectivity index (χ3n) is 4.64. The maximum absolute atomic E-state index is 12.7. The van der Waals surface area contributed by atoms with Gasteiger partial charge in [0.25, 0.3) is 5.56 Å². The van der Waals surface area contributed by atoms with Crippen LogP contribution in [0, 0.1) is 0 Å². The second-order valence-corrected chi connectivity index (χ2v) is 7.49. The first-order valence-electron chi connectivity index (χ1n) is 9.17. The predicted octanol–water partition coefficient (Wildman–Crippen LogP) is 2.45. The first-order valence-corrected chi connectivity index (χ1v) is 9.97. The fourth-order valence-electron chi connectivity index (χ4n) is 3.03. The van der Waals surface area contributed by atoms with Crippen LogP contribution >= 0.6 is 15.9 Å². The van der Waals surface area contributed by atoms with E-state index >= 15 is 0 Å². The van der Waals surface area contributed by atoms with Crippen molar-refractivity contribution < 1.29 is 4.74 Å². The summed E-state index contributed by atoms with van der Waals surface area (Å²) in [6, 6.07) is 5.59. The molecule has 2 aromatic heterocycles. The molecule has 0 radical (unpaired) electrons. The molecule has 0 unspecified atom stereocenters. The van der Waals surface area contributed by atoms with E-state index in [2.05, 4.69) is 38.4 Å². The van der Waals surface area contributed by atoms with Gasteiger partial charge in [-0.2, -0.15) is 10.1 Å². The fourth-order valence-corrected chi connectivity index (χ4v) is 3.41. The topological polar surface area (TPSA) is 95.4 Å². The van der Waals surface area contributed by atoms with Crippen LogP contribution in [0.5, 0.6) is 5.75 Å². The lowest BCUT2D eigenvalue weighted by Gasteiger charge is -2.08. The molecule has 29 heavy (non-hydrogen) atoms. The number of nitrogens with one attached hydrogen (secondary N) is 1. The normalized spacial score (nSPS) is 11.5. The lowest BCUT2D eigenvalue weighted by Crippen LogP contribution is -2.37. The number of aryl methyl sites for hydroxylation is 2. The highest BCUT2D eigenvalue weighted by Gasteiger charge is 2.18. The largest absolute Gasteiger partial charge is 0.496 e. The van der Waals surface area contributed by atoms with E-state index in [0.717, 1.165) is 27.4 Å². The minimum absolute atomic E-state index is 0.326. The van der Waals surface area contributed by atoms with E-state index in [1.54, 1.807) is 24.9 Å². The van der Waals surface area contributed by atoms with E-state index in [1.165, 1.54) is 11.6 Å². The fraction of sp³-hybridized carbons (Fsp3) is 0.368. The summed E-state index contributed by atoms with van der Waals surface area (Å²) in [6.07, 6.45) is 3.42. The summed E-state index contributed by atoms with van der Waals surface area (Å²) in [6.45, 7) is 2.65. The van der Waals surface area contributed by atoms with Crippen molar-refractivity contribution in [3.8, 4) is 5.75 Å². The van der Waals surface area contributed by atoms with Gasteiger partial charge in [-0.1, -0.05) is 29.3 Å². The molecule has 9 nitrogen and oxygen atoms in total. The predicted molar refractivity (Wildman–Crippen MR) is 117 cm³/mol. The summed E-state index contributed by atoms with van der Waals surface area (Å²) in [7, 11) is 4.65. The lowest BCUT2D eigenvalue weighted by atomic mass is 10.2. The molecule has 154 valence electrons. The van der Waals surface area contributed by atoms with Crippen LogP contribution in [0.2, 0.25) is 0 Å². The van der Waals surface area contributed by atoms with Crippen LogP contribution in [0.15, 0.2) is 37.4 Å². The molecule has 0 spiro atoms. The number of halogens is 1. The van der Waals surface area contributed by atoms with E-state index in [9.17, 15) is 9.59 Å². The SMILES string of the molecule is CCCCn1c(N/N=C/c2cc(Br)ccc2OC)nc2c1c(=O)n(C)c(=O)n2C. The van der Waals surface area contributed by atoms with E-state index in [4.69, 9.17) is 4.74 Å². The molecule has 0 saturated carbocycles. The first-order chi connectivity index (χ1) is 13.9. The molecular formula is C19H23BrN6O3. The molecule has 0 fully saturated rings. The summed E-state index contributed by atoms with van der Waals surface area (Å²) in [5.74, 6) is 1.08. The summed E-state index contributed by atoms with van der Waals surface area (Å²) in [5, 5.41) is 4.27. The van der Waals surface area contributed by atoms with Gasteiger partial charge in [-0.05, 0) is 24.6 Å². The number of benzene rings is 1. The Morgan fingerprint density at radius 2 is 2.03 bits per heavy atom. The Balaban J connectivity index is 2.06. The summed E-state index contributed by atoms with van der Waals surface area (Å²) in [5.41, 5.74) is 3.59. The van der Waals surface area contributed by atoms with Crippen molar-refractivity contribution in [1.29, 1.82) is 0 Å². The summed E-state index contributed by atoms with van der Waals surface area (Å²) < 4.78 is 10.5. The smallest absolute Gasteiger partial charge is 0.332 e. The highest BCUT2D eigenvalue weighted by Crippen LogP contribution is 2.22. The molecule has 3 aromatic rings. The minimum atomic E-state index is -0.420. The van der Waals surface area contributed by atoms with Gasteiger partial charge >= 0.3 is 5.69 Å². The standard InChI is InChI=1S/C19H23BrN6O3/c1-5-6-9-26-15-16(24(2)19(28)25(3)17(15)27)22-18(26)23-21-11-12-10-13(20)7-8-14(12)29-4/h7-8,10-11H,5-6,9H2,1-4H3,(H,22,23)/b21-11+. The Morgan fingerprint density at radius 3 is 2.72 bits per heavy atom. The number of imidazole rings is 1. The van der Waals surface area contributed by atoms with Crippen molar-refractivity contribution >= 4 is 39.3 Å². The van der Waals surface area contributed by atoms with Gasteiger partial charge in [0.05, 0.1) is 13.3 Å². The average Bonchev–Trinajstić information content (AvgIpc) is 3.07. The Labute approximate surface area is 175 Å². The molecule has 0 aliphatic carbocycles. The number of hydrogen-bond donors (Lipinski definition) is 1. The van der Waals surface area contributed by atoms with Crippen molar-refractivity contribution in [2.45, 2.75) is 26.3 Å². The number of unbranched alkanes of at least 4 members (excludes halogenated alkanes) is 1. The Bertz CT molecular complexity index is 1190. The zero-order valence-corrected chi connectivity index (χ0v) is 18.4. The van der Waals surface area contributed by atoms with Crippen LogP contribution in [-0.2, 0) is 20.6 Å². The zero-order chi connectivity index (χ0) is 21.1. The highest BCUT2D eigenvalue weighted by atomic mass is 79.9. The van der Waals surface area contributed by atoms with Gasteiger partial charge in [0.2, 0.25) is 5.95 Å². The van der Waals surface area contributed by atoms with Crippen LogP contribution in [0.4, 0.5) is 5.95 Å². The van der Waals surface area contributed by atoms with Crippen molar-refractivity contribution in [2.24, 2.45) is 19.2 Å². The van der Waals surface area contributed by atoms with E-state index in [-0.39, 0.29) is 5.56 Å². The van der Waals surface area contributed by atoms with Crippen LogP contribution < -0.4 is 21.4 Å². The number of nitrogens with zero attached hydrogens (tertiary/aromatic N) is 5. The molecule has 1 aromatic carbocycles. The molecule has 2 heterocycles. The van der Waals surface area contributed by atoms with Crippen LogP contribution in [0.25, 0.3) is 11.2 Å². The Morgan fingerprint density at radius 1 is 1.28 bits per heavy atom. The van der Waals surface area contributed by atoms with Crippen molar-refractivity contribution in [1.82, 2.24) is 18.7 Å². The number of aromatic nitrogens is 4. The number of hydrogen-bond acceptors (Lipinski definition) is 6. The number of fused-ring (bicyclic) bond motifs is 1. The van der Waals surface area contributed by atoms with Crippen LogP contribution in [0.1, 0.15) is 25.3 Å². The molecule has 0 aliphatic heterocycles. The van der Waals surface area contributed by atoms with Crippen molar-refractivity contribution in [2.75, 3.05) is 12.5 Å². The van der Waals surface area contributed by atoms with Crippen LogP contribution in [0.3, 0.4) is 0 Å². The van der Waals surface area contributed by atoms with Crippen LogP contribution in [-0.4, -0.2) is 32.0 Å². The number of ether oxygens (including phenoxy) is 1. The van der Waals surface area contributed by atoms with Gasteiger partial charge in [0.1, 0.15) is 5.75 Å². The minimum Gasteiger partial charge on any atom is -0.496 e. The number of methoxy groups -OCH3 is 1. The average molecular weight is 463 g/mol. The molecule has 1 N–H and O–H groups in total. The number of hydrazone groups is 1. The van der Waals surface area contributed by atoms with Crippen molar-refractivity contribution in [3.63, 3.8) is 0 Å². The summed E-state index contributed by atoms with van der Waals surface area (Å²) >= 11 is 3.43. The van der Waals surface area contributed by atoms with Gasteiger partial charge in [0.15, 0.2) is 11.2 Å². The quantitative estimate of drug-likeness (QED) is 0.429. The molecular weight excluding hydrogens is 440 g/mol. The van der Waals surface area contributed by atoms with Gasteiger partial charge in [0, 0.05) is 30.7 Å². The maximum atomic E-state index is 12.7. The Kier molecular flexibility index (Phi) is 6.21. The molecule has 0 aliphatic rings. The second kappa shape index (κ2) is 8.64. The third kappa shape index (κ3) is 3.98. The summed E-state index contributed by atoms with van der Waals surface area (Å²) in [4.78, 5) is 29.4. The number of rotatable bonds is 7. The van der Waals surface area contributed by atoms with E-state index < -0.39 is 5.69 Å². The number of anilines is 1. The first kappa shape index (κ1) is 20.8. The van der Waals surface area contributed by atoms with E-state index in [1.807, 2.05) is 18.2 Å². The molecule has 0 bridgehead atoms. The van der Waals surface area contributed by atoms with Crippen molar-refractivity contribution in [3.05, 3.63) is 49.1 Å². The molecule has 0 amide bonds. The monoisotopic (exact) mass is 462 g/mol. The molecule has 0 saturated heterocycles. The van der Waals surface area contributed by atoms with Gasteiger partial charge < -0.3 is 9.30 Å². The Hall–Kier alpha value is -2.88. The zero-order valence-electron chi connectivity index (χ0n) is 16.8. The van der Waals surface area contributed by atoms with E-state index in [0.29, 0.717) is 29.4 Å². The second-order valence-electron chi connectivity index (χ2n) is 6.57. The maximum Gasteiger partial charge on any atom is 0.332 e. The van der Waals surface area contributed by atoms with Gasteiger partial charge in [-0.15, -0.1) is 0 Å². The molecule has 10 heteroatoms. The molecule has 3 rings (SSSR count). The van der Waals surface area contributed by atoms with Gasteiger partial charge in [-0.3, -0.25) is 13.9 Å². The molecule has 0 atom stereocenters. The van der Waals surface area contributed by atoms with Gasteiger partial charge in [-0.25, -0.2) is 10.2 Å². The lowest BCUT2D eigenvalue weighted by molar-refractivity contribution is 0.414. The highest BCUT2D eigenvalue weighted by molar-refractivity contribution is 9.10. The third-order valence-corrected chi connectivity index (χ3v) is 5.14.